The molecule has 1 aliphatic heterocycles. The van der Waals surface area contributed by atoms with E-state index in [4.69, 9.17) is 4.74 Å². The summed E-state index contributed by atoms with van der Waals surface area (Å²) >= 11 is 0. The Morgan fingerprint density at radius 3 is 2.46 bits per heavy atom. The molecule has 0 aromatic rings. The van der Waals surface area contributed by atoms with Gasteiger partial charge in [0.2, 0.25) is 0 Å². The van der Waals surface area contributed by atoms with Crippen LogP contribution in [0, 0.1) is 17.8 Å². The third kappa shape index (κ3) is 2.26. The van der Waals surface area contributed by atoms with E-state index in [1.165, 1.54) is 32.1 Å². The van der Waals surface area contributed by atoms with Crippen LogP contribution in [0.4, 0.5) is 0 Å². The Labute approximate surface area is 81.2 Å². The first kappa shape index (κ1) is 9.11. The third-order valence-corrected chi connectivity index (χ3v) is 3.67. The third-order valence-electron chi connectivity index (χ3n) is 3.67. The van der Waals surface area contributed by atoms with Crippen LogP contribution in [0.15, 0.2) is 12.3 Å². The average molecular weight is 180 g/mol. The Morgan fingerprint density at radius 1 is 1.08 bits per heavy atom. The van der Waals surface area contributed by atoms with E-state index in [1.54, 1.807) is 0 Å². The van der Waals surface area contributed by atoms with Gasteiger partial charge in [-0.3, -0.25) is 0 Å². The summed E-state index contributed by atoms with van der Waals surface area (Å²) in [6.45, 7) is 3.35. The lowest BCUT2D eigenvalue weighted by molar-refractivity contribution is 0.108. The Hall–Kier alpha value is -0.460. The van der Waals surface area contributed by atoms with Gasteiger partial charge in [-0.25, -0.2) is 0 Å². The SMILES string of the molecule is CC1CCC(C2CC=COC2)CC1. The van der Waals surface area contributed by atoms with Crippen LogP contribution in [0.2, 0.25) is 0 Å². The molecule has 0 amide bonds. The van der Waals surface area contributed by atoms with Crippen molar-refractivity contribution in [1.29, 1.82) is 0 Å². The Morgan fingerprint density at radius 2 is 1.85 bits per heavy atom. The van der Waals surface area contributed by atoms with Crippen molar-refractivity contribution in [3.05, 3.63) is 12.3 Å². The summed E-state index contributed by atoms with van der Waals surface area (Å²) in [4.78, 5) is 0. The molecule has 1 heteroatoms. The number of hydrogen-bond acceptors (Lipinski definition) is 1. The highest BCUT2D eigenvalue weighted by Crippen LogP contribution is 2.35. The molecule has 0 saturated heterocycles. The van der Waals surface area contributed by atoms with Crippen LogP contribution in [0.3, 0.4) is 0 Å². The van der Waals surface area contributed by atoms with Crippen LogP contribution in [0.25, 0.3) is 0 Å². The highest BCUT2D eigenvalue weighted by atomic mass is 16.5. The van der Waals surface area contributed by atoms with Crippen molar-refractivity contribution >= 4 is 0 Å². The second-order valence-electron chi connectivity index (χ2n) is 4.72. The lowest BCUT2D eigenvalue weighted by atomic mass is 9.75. The zero-order chi connectivity index (χ0) is 9.10. The zero-order valence-corrected chi connectivity index (χ0v) is 8.54. The summed E-state index contributed by atoms with van der Waals surface area (Å²) in [5.41, 5.74) is 0. The van der Waals surface area contributed by atoms with E-state index in [0.29, 0.717) is 0 Å². The predicted molar refractivity (Wildman–Crippen MR) is 54.3 cm³/mol. The molecular formula is C12H20O. The van der Waals surface area contributed by atoms with Crippen LogP contribution in [-0.2, 0) is 4.74 Å². The highest BCUT2D eigenvalue weighted by Gasteiger charge is 2.26. The van der Waals surface area contributed by atoms with E-state index < -0.39 is 0 Å². The van der Waals surface area contributed by atoms with Crippen molar-refractivity contribution in [2.24, 2.45) is 17.8 Å². The van der Waals surface area contributed by atoms with Crippen LogP contribution in [-0.4, -0.2) is 6.61 Å². The first-order chi connectivity index (χ1) is 6.36. The monoisotopic (exact) mass is 180 g/mol. The first-order valence-electron chi connectivity index (χ1n) is 5.63. The molecule has 0 bridgehead atoms. The van der Waals surface area contributed by atoms with E-state index in [0.717, 1.165) is 24.4 Å². The molecule has 0 radical (unpaired) electrons. The van der Waals surface area contributed by atoms with Gasteiger partial charge in [-0.15, -0.1) is 0 Å². The summed E-state index contributed by atoms with van der Waals surface area (Å²) in [5.74, 6) is 2.73. The summed E-state index contributed by atoms with van der Waals surface area (Å²) in [6.07, 6.45) is 11.0. The molecule has 2 rings (SSSR count). The molecular weight excluding hydrogens is 160 g/mol. The molecule has 1 unspecified atom stereocenters. The number of rotatable bonds is 1. The van der Waals surface area contributed by atoms with Gasteiger partial charge in [0.15, 0.2) is 0 Å². The lowest BCUT2D eigenvalue weighted by Gasteiger charge is -2.33. The average Bonchev–Trinajstić information content (AvgIpc) is 2.20. The van der Waals surface area contributed by atoms with Crippen molar-refractivity contribution in [2.45, 2.75) is 39.0 Å². The van der Waals surface area contributed by atoms with Crippen molar-refractivity contribution < 1.29 is 4.74 Å². The number of ether oxygens (including phenoxy) is 1. The summed E-state index contributed by atoms with van der Waals surface area (Å²) in [5, 5.41) is 0. The standard InChI is InChI=1S/C12H20O/c1-10-4-6-11(7-5-10)12-3-2-8-13-9-12/h2,8,10-12H,3-7,9H2,1H3. The molecule has 0 N–H and O–H groups in total. The fraction of sp³-hybridized carbons (Fsp3) is 0.833. The van der Waals surface area contributed by atoms with E-state index >= 15 is 0 Å². The van der Waals surface area contributed by atoms with Crippen molar-refractivity contribution in [3.63, 3.8) is 0 Å². The van der Waals surface area contributed by atoms with E-state index in [-0.39, 0.29) is 0 Å². The van der Waals surface area contributed by atoms with Gasteiger partial charge in [-0.1, -0.05) is 19.8 Å². The normalized spacial score (nSPS) is 39.9. The minimum absolute atomic E-state index is 0.817. The maximum absolute atomic E-state index is 5.38. The smallest absolute Gasteiger partial charge is 0.0906 e. The van der Waals surface area contributed by atoms with Crippen LogP contribution < -0.4 is 0 Å². The van der Waals surface area contributed by atoms with Gasteiger partial charge < -0.3 is 4.74 Å². The Kier molecular flexibility index (Phi) is 2.92. The molecule has 1 fully saturated rings. The topological polar surface area (TPSA) is 9.23 Å². The second kappa shape index (κ2) is 4.17. The lowest BCUT2D eigenvalue weighted by Crippen LogP contribution is -2.25. The fourth-order valence-corrected chi connectivity index (χ4v) is 2.63. The number of allylic oxidation sites excluding steroid dienone is 1. The predicted octanol–water partition coefficient (Wildman–Crippen LogP) is 3.36. The van der Waals surface area contributed by atoms with Gasteiger partial charge in [0.1, 0.15) is 0 Å². The van der Waals surface area contributed by atoms with Crippen molar-refractivity contribution in [1.82, 2.24) is 0 Å². The molecule has 2 aliphatic rings. The summed E-state index contributed by atoms with van der Waals surface area (Å²) < 4.78 is 5.38. The van der Waals surface area contributed by atoms with Gasteiger partial charge in [0.05, 0.1) is 12.9 Å². The van der Waals surface area contributed by atoms with Gasteiger partial charge in [-0.05, 0) is 43.1 Å². The van der Waals surface area contributed by atoms with Crippen LogP contribution in [0.5, 0.6) is 0 Å². The quantitative estimate of drug-likeness (QED) is 0.601. The summed E-state index contributed by atoms with van der Waals surface area (Å²) in [6, 6.07) is 0. The fourth-order valence-electron chi connectivity index (χ4n) is 2.63. The molecule has 1 heterocycles. The minimum Gasteiger partial charge on any atom is -0.501 e. The Bertz CT molecular complexity index is 178. The molecule has 1 saturated carbocycles. The van der Waals surface area contributed by atoms with E-state index in [1.807, 2.05) is 6.26 Å². The Balaban J connectivity index is 1.83. The maximum Gasteiger partial charge on any atom is 0.0906 e. The molecule has 1 aliphatic carbocycles. The van der Waals surface area contributed by atoms with Crippen LogP contribution in [0.1, 0.15) is 39.0 Å². The van der Waals surface area contributed by atoms with Crippen molar-refractivity contribution in [2.75, 3.05) is 6.61 Å². The zero-order valence-electron chi connectivity index (χ0n) is 8.54. The van der Waals surface area contributed by atoms with Gasteiger partial charge >= 0.3 is 0 Å². The van der Waals surface area contributed by atoms with Gasteiger partial charge in [0.25, 0.3) is 0 Å². The second-order valence-corrected chi connectivity index (χ2v) is 4.72. The van der Waals surface area contributed by atoms with Gasteiger partial charge in [-0.2, -0.15) is 0 Å². The molecule has 74 valence electrons. The first-order valence-corrected chi connectivity index (χ1v) is 5.63. The molecule has 1 nitrogen and oxygen atoms in total. The molecule has 1 atom stereocenters. The molecule has 0 aromatic heterocycles. The highest BCUT2D eigenvalue weighted by molar-refractivity contribution is 4.87. The van der Waals surface area contributed by atoms with E-state index in [2.05, 4.69) is 13.0 Å². The summed E-state index contributed by atoms with van der Waals surface area (Å²) in [7, 11) is 0. The minimum atomic E-state index is 0.817. The van der Waals surface area contributed by atoms with E-state index in [9.17, 15) is 0 Å². The molecule has 0 aromatic carbocycles. The molecule has 13 heavy (non-hydrogen) atoms. The van der Waals surface area contributed by atoms with Crippen molar-refractivity contribution in [3.8, 4) is 0 Å². The van der Waals surface area contributed by atoms with Gasteiger partial charge in [0, 0.05) is 0 Å². The molecule has 0 spiro atoms. The maximum atomic E-state index is 5.38. The number of hydrogen-bond donors (Lipinski definition) is 0. The largest absolute Gasteiger partial charge is 0.501 e. The van der Waals surface area contributed by atoms with Crippen LogP contribution >= 0.6 is 0 Å².